The van der Waals surface area contributed by atoms with Crippen LogP contribution in [0.25, 0.3) is 10.2 Å². The van der Waals surface area contributed by atoms with Crippen molar-refractivity contribution in [1.82, 2.24) is 20.1 Å². The third kappa shape index (κ3) is 6.69. The first-order chi connectivity index (χ1) is 19.0. The number of ketones is 1. The van der Waals surface area contributed by atoms with Gasteiger partial charge < -0.3 is 16.4 Å². The number of carbonyl (C=O) groups excluding carboxylic acids is 3. The number of rotatable bonds is 10. The Morgan fingerprint density at radius 1 is 1.23 bits per heavy atom. The molecule has 40 heavy (non-hydrogen) atoms. The highest BCUT2D eigenvalue weighted by Gasteiger charge is 2.44. The smallest absolute Gasteiger partial charge is 0.243 e. The van der Waals surface area contributed by atoms with Gasteiger partial charge in [0.15, 0.2) is 11.0 Å². The lowest BCUT2D eigenvalue weighted by Crippen LogP contribution is -2.53. The Balaban J connectivity index is 1.68. The van der Waals surface area contributed by atoms with Crippen LogP contribution in [0.15, 0.2) is 48.5 Å². The van der Waals surface area contributed by atoms with Crippen molar-refractivity contribution in [2.75, 3.05) is 20.1 Å². The zero-order chi connectivity index (χ0) is 29.0. The zero-order valence-corrected chi connectivity index (χ0v) is 23.3. The topological polar surface area (TPSA) is 158 Å². The molecule has 0 radical (unpaired) electrons. The van der Waals surface area contributed by atoms with E-state index < -0.39 is 29.9 Å². The number of fused-ring (bicyclic) bond motifs is 1. The summed E-state index contributed by atoms with van der Waals surface area (Å²) in [6.07, 6.45) is 1.22. The van der Waals surface area contributed by atoms with E-state index in [0.717, 1.165) is 10.3 Å². The van der Waals surface area contributed by atoms with Gasteiger partial charge in [0.05, 0.1) is 28.3 Å². The van der Waals surface area contributed by atoms with E-state index in [1.165, 1.54) is 30.4 Å². The van der Waals surface area contributed by atoms with Crippen molar-refractivity contribution in [3.63, 3.8) is 0 Å². The fraction of sp³-hybridized carbons (Fsp3) is 0.393. The molecule has 2 amide bonds. The number of para-hydroxylation sites is 1. The molecule has 0 spiro atoms. The maximum Gasteiger partial charge on any atom is 0.243 e. The van der Waals surface area contributed by atoms with Crippen LogP contribution in [-0.2, 0) is 9.59 Å². The van der Waals surface area contributed by atoms with E-state index in [0.29, 0.717) is 42.9 Å². The Labute approximate surface area is 236 Å². The summed E-state index contributed by atoms with van der Waals surface area (Å²) >= 11 is 1.30. The average Bonchev–Trinajstić information content (AvgIpc) is 3.56. The van der Waals surface area contributed by atoms with Crippen LogP contribution in [0.1, 0.15) is 47.5 Å². The fourth-order valence-electron chi connectivity index (χ4n) is 4.97. The Hall–Kier alpha value is -3.74. The molecule has 1 unspecified atom stereocenters. The van der Waals surface area contributed by atoms with E-state index in [1.54, 1.807) is 24.1 Å². The lowest BCUT2D eigenvalue weighted by Gasteiger charge is -2.31. The first-order valence-electron chi connectivity index (χ1n) is 13.1. The Morgan fingerprint density at radius 2 is 1.93 bits per heavy atom. The lowest BCUT2D eigenvalue weighted by molar-refractivity contribution is -0.133. The molecule has 1 saturated heterocycles. The summed E-state index contributed by atoms with van der Waals surface area (Å²) in [5.74, 6) is -1.98. The SMILES string of the molecule is C[C@H](N)C(=O)NC(=O)[C@@H]1CC(c2ccc(F)cc2)CN1[C@@H](CCCN(C)C(=N)N)C(=O)c1nc2ccccc2s1. The largest absolute Gasteiger partial charge is 0.370 e. The number of Topliss-reactive ketones (excluding diaryl/α,β-unsaturated/α-hetero) is 1. The summed E-state index contributed by atoms with van der Waals surface area (Å²) < 4.78 is 14.5. The summed E-state index contributed by atoms with van der Waals surface area (Å²) in [5.41, 5.74) is 12.8. The summed E-state index contributed by atoms with van der Waals surface area (Å²) in [5, 5.41) is 10.4. The highest BCUT2D eigenvalue weighted by Crippen LogP contribution is 2.36. The molecule has 12 heteroatoms. The molecular weight excluding hydrogens is 533 g/mol. The van der Waals surface area contributed by atoms with Crippen LogP contribution in [0.3, 0.4) is 0 Å². The Bertz CT molecular complexity index is 1360. The van der Waals surface area contributed by atoms with Crippen molar-refractivity contribution < 1.29 is 18.8 Å². The minimum Gasteiger partial charge on any atom is -0.370 e. The molecule has 6 N–H and O–H groups in total. The van der Waals surface area contributed by atoms with Gasteiger partial charge in [0.25, 0.3) is 0 Å². The number of hydrogen-bond donors (Lipinski definition) is 4. The minimum absolute atomic E-state index is 0.0849. The van der Waals surface area contributed by atoms with Crippen LogP contribution in [0.2, 0.25) is 0 Å². The number of thiazole rings is 1. The summed E-state index contributed by atoms with van der Waals surface area (Å²) in [6.45, 7) is 2.27. The quantitative estimate of drug-likeness (QED) is 0.165. The van der Waals surface area contributed by atoms with Crippen molar-refractivity contribution in [3.05, 3.63) is 64.9 Å². The van der Waals surface area contributed by atoms with Crippen LogP contribution in [0.5, 0.6) is 0 Å². The number of amides is 2. The van der Waals surface area contributed by atoms with Gasteiger partial charge in [-0.05, 0) is 61.9 Å². The van der Waals surface area contributed by atoms with Crippen LogP contribution in [-0.4, -0.2) is 76.6 Å². The van der Waals surface area contributed by atoms with Crippen LogP contribution in [0, 0.1) is 11.2 Å². The number of carbonyl (C=O) groups is 3. The third-order valence-corrected chi connectivity index (χ3v) is 8.28. The number of benzene rings is 2. The third-order valence-electron chi connectivity index (χ3n) is 7.23. The molecule has 212 valence electrons. The number of imide groups is 1. The van der Waals surface area contributed by atoms with Gasteiger partial charge >= 0.3 is 0 Å². The highest BCUT2D eigenvalue weighted by atomic mass is 32.1. The van der Waals surface area contributed by atoms with Crippen LogP contribution in [0.4, 0.5) is 4.39 Å². The van der Waals surface area contributed by atoms with Gasteiger partial charge in [-0.25, -0.2) is 9.37 Å². The zero-order valence-electron chi connectivity index (χ0n) is 22.5. The number of halogens is 1. The number of nitrogens with one attached hydrogen (secondary N) is 2. The summed E-state index contributed by atoms with van der Waals surface area (Å²) in [7, 11) is 1.70. The van der Waals surface area contributed by atoms with Gasteiger partial charge in [-0.15, -0.1) is 11.3 Å². The molecule has 4 rings (SSSR count). The van der Waals surface area contributed by atoms with Crippen molar-refractivity contribution >= 4 is 45.1 Å². The standard InChI is InChI=1S/C28H34FN7O3S/c1-16(30)25(38)34-26(39)22-14-18(17-9-11-19(29)12-10-17)15-36(22)21(7-5-13-35(2)28(31)32)24(37)27-33-20-6-3-4-8-23(20)40-27/h3-4,6,8-12,16,18,21-22H,5,7,13-15,30H2,1-2H3,(H3,31,32)(H,34,38,39)/t16-,18?,21-,22-/m0/s1. The number of nitrogens with two attached hydrogens (primary N) is 2. The number of hydrogen-bond acceptors (Lipinski definition) is 8. The molecule has 4 atom stereocenters. The molecule has 1 aliphatic heterocycles. The van der Waals surface area contributed by atoms with Gasteiger partial charge in [-0.3, -0.25) is 30.0 Å². The number of likely N-dealkylation sites (tertiary alicyclic amines) is 1. The van der Waals surface area contributed by atoms with Crippen molar-refractivity contribution in [2.24, 2.45) is 11.5 Å². The van der Waals surface area contributed by atoms with Crippen LogP contribution >= 0.6 is 11.3 Å². The summed E-state index contributed by atoms with van der Waals surface area (Å²) in [4.78, 5) is 47.8. The first kappa shape index (κ1) is 29.2. The molecule has 0 aliphatic carbocycles. The van der Waals surface area contributed by atoms with Gasteiger partial charge in [0, 0.05) is 20.1 Å². The van der Waals surface area contributed by atoms with E-state index in [4.69, 9.17) is 16.9 Å². The fourth-order valence-corrected chi connectivity index (χ4v) is 5.92. The van der Waals surface area contributed by atoms with Gasteiger partial charge in [-0.2, -0.15) is 0 Å². The molecule has 1 aliphatic rings. The Kier molecular flexibility index (Phi) is 9.23. The second-order valence-corrected chi connectivity index (χ2v) is 11.2. The first-order valence-corrected chi connectivity index (χ1v) is 13.9. The lowest BCUT2D eigenvalue weighted by atomic mass is 9.96. The van der Waals surface area contributed by atoms with Gasteiger partial charge in [0.2, 0.25) is 17.6 Å². The van der Waals surface area contributed by atoms with E-state index in [2.05, 4.69) is 10.3 Å². The Morgan fingerprint density at radius 3 is 2.58 bits per heavy atom. The predicted molar refractivity (Wildman–Crippen MR) is 153 cm³/mol. The van der Waals surface area contributed by atoms with E-state index >= 15 is 0 Å². The summed E-state index contributed by atoms with van der Waals surface area (Å²) in [6, 6.07) is 11.2. The molecule has 0 bridgehead atoms. The number of guanidine groups is 1. The molecular formula is C28H34FN7O3S. The highest BCUT2D eigenvalue weighted by molar-refractivity contribution is 7.20. The van der Waals surface area contributed by atoms with Crippen molar-refractivity contribution in [1.29, 1.82) is 5.41 Å². The molecule has 2 aromatic carbocycles. The van der Waals surface area contributed by atoms with E-state index in [-0.39, 0.29) is 23.5 Å². The molecule has 3 aromatic rings. The molecule has 2 heterocycles. The monoisotopic (exact) mass is 567 g/mol. The predicted octanol–water partition coefficient (Wildman–Crippen LogP) is 2.44. The maximum absolute atomic E-state index is 14.1. The number of aromatic nitrogens is 1. The van der Waals surface area contributed by atoms with Crippen molar-refractivity contribution in [3.8, 4) is 0 Å². The second-order valence-electron chi connectivity index (χ2n) is 10.2. The molecule has 0 saturated carbocycles. The number of nitrogens with zero attached hydrogens (tertiary/aromatic N) is 3. The molecule has 1 aromatic heterocycles. The van der Waals surface area contributed by atoms with E-state index in [9.17, 15) is 18.8 Å². The van der Waals surface area contributed by atoms with Gasteiger partial charge in [-0.1, -0.05) is 24.3 Å². The second kappa shape index (κ2) is 12.6. The van der Waals surface area contributed by atoms with Crippen molar-refractivity contribution in [2.45, 2.75) is 50.2 Å². The average molecular weight is 568 g/mol. The minimum atomic E-state index is -0.881. The normalized spacial score (nSPS) is 18.8. The van der Waals surface area contributed by atoms with Gasteiger partial charge in [0.1, 0.15) is 5.82 Å². The molecule has 1 fully saturated rings. The van der Waals surface area contributed by atoms with E-state index in [1.807, 2.05) is 29.2 Å². The van der Waals surface area contributed by atoms with Crippen LogP contribution < -0.4 is 16.8 Å². The maximum atomic E-state index is 14.1. The molecule has 10 nitrogen and oxygen atoms in total.